The van der Waals surface area contributed by atoms with Crippen LogP contribution in [0, 0.1) is 0 Å². The minimum Gasteiger partial charge on any atom is -0.468 e. The Balaban J connectivity index is 1.80. The standard InChI is InChI=1S/C20H26N3O9PS/c1-12(17(26)29-3)22-33(34,32-13-7-5-4-6-8-13)30-11-14-16(25)20(2,28)18(31-14)23-10-9-15(24)21-19(23)27/h4-10,12,14,16,18,25,28H,11H2,1-3H3,(H,22,34)(H,21,24,27)/t12-,14+,16+,18+,20+,33?/m0/s1. The van der Waals surface area contributed by atoms with E-state index in [0.29, 0.717) is 5.75 Å². The third-order valence-electron chi connectivity index (χ3n) is 5.14. The van der Waals surface area contributed by atoms with Crippen LogP contribution in [0.5, 0.6) is 5.75 Å². The number of methoxy groups -OCH3 is 1. The number of rotatable bonds is 9. The van der Waals surface area contributed by atoms with E-state index >= 15 is 0 Å². The number of benzene rings is 1. The largest absolute Gasteiger partial charge is 0.468 e. The fourth-order valence-corrected chi connectivity index (χ4v) is 5.76. The van der Waals surface area contributed by atoms with Crippen molar-refractivity contribution in [1.82, 2.24) is 14.6 Å². The molecule has 2 aromatic rings. The molecule has 6 atom stereocenters. The van der Waals surface area contributed by atoms with E-state index in [4.69, 9.17) is 30.3 Å². The van der Waals surface area contributed by atoms with E-state index in [1.54, 1.807) is 30.3 Å². The number of H-pyrrole nitrogens is 1. The zero-order chi connectivity index (χ0) is 25.1. The highest BCUT2D eigenvalue weighted by atomic mass is 32.5. The third kappa shape index (κ3) is 5.81. The number of carbonyl (C=O) groups excluding carboxylic acids is 1. The average molecular weight is 515 g/mol. The van der Waals surface area contributed by atoms with Gasteiger partial charge in [0.2, 0.25) is 0 Å². The summed E-state index contributed by atoms with van der Waals surface area (Å²) in [5.74, 6) is -0.208. The van der Waals surface area contributed by atoms with Crippen molar-refractivity contribution in [2.24, 2.45) is 0 Å². The second-order valence-corrected chi connectivity index (χ2v) is 10.9. The van der Waals surface area contributed by atoms with Crippen molar-refractivity contribution in [3.8, 4) is 5.75 Å². The van der Waals surface area contributed by atoms with Gasteiger partial charge in [-0.1, -0.05) is 18.2 Å². The van der Waals surface area contributed by atoms with Crippen molar-refractivity contribution in [1.29, 1.82) is 0 Å². The van der Waals surface area contributed by atoms with Crippen LogP contribution in [0.1, 0.15) is 20.1 Å². The number of aromatic nitrogens is 2. The first-order valence-electron chi connectivity index (χ1n) is 10.2. The lowest BCUT2D eigenvalue weighted by Gasteiger charge is -2.28. The van der Waals surface area contributed by atoms with Gasteiger partial charge in [-0.2, -0.15) is 0 Å². The van der Waals surface area contributed by atoms with Crippen molar-refractivity contribution in [2.75, 3.05) is 13.7 Å². The molecule has 0 bridgehead atoms. The van der Waals surface area contributed by atoms with Crippen molar-refractivity contribution in [2.45, 2.75) is 43.9 Å². The summed E-state index contributed by atoms with van der Waals surface area (Å²) in [6, 6.07) is 8.76. The molecule has 3 rings (SSSR count). The molecule has 0 saturated carbocycles. The Morgan fingerprint density at radius 1 is 1.35 bits per heavy atom. The Kier molecular flexibility index (Phi) is 8.09. The van der Waals surface area contributed by atoms with E-state index < -0.39 is 53.9 Å². The molecule has 1 aromatic carbocycles. The van der Waals surface area contributed by atoms with Crippen LogP contribution in [-0.4, -0.2) is 63.3 Å². The number of nitrogens with zero attached hydrogens (tertiary/aromatic N) is 1. The molecule has 1 aromatic heterocycles. The number of nitrogens with one attached hydrogen (secondary N) is 2. The van der Waals surface area contributed by atoms with Gasteiger partial charge in [-0.15, -0.1) is 0 Å². The number of para-hydroxylation sites is 1. The minimum atomic E-state index is -3.40. The molecule has 0 radical (unpaired) electrons. The Bertz CT molecular complexity index is 1170. The molecule has 1 saturated heterocycles. The van der Waals surface area contributed by atoms with Gasteiger partial charge in [0.15, 0.2) is 6.23 Å². The predicted octanol–water partition coefficient (Wildman–Crippen LogP) is 0.0171. The summed E-state index contributed by atoms with van der Waals surface area (Å²) >= 11 is 5.57. The van der Waals surface area contributed by atoms with E-state index in [1.807, 2.05) is 0 Å². The number of hydrogen-bond acceptors (Lipinski definition) is 10. The van der Waals surface area contributed by atoms with Crippen molar-refractivity contribution >= 4 is 24.4 Å². The highest BCUT2D eigenvalue weighted by molar-refractivity contribution is 8.09. The fraction of sp³-hybridized carbons (Fsp3) is 0.450. The van der Waals surface area contributed by atoms with Crippen molar-refractivity contribution in [3.05, 3.63) is 63.4 Å². The summed E-state index contributed by atoms with van der Waals surface area (Å²) in [6.07, 6.45) is -2.79. The second-order valence-electron chi connectivity index (χ2n) is 7.79. The van der Waals surface area contributed by atoms with Crippen LogP contribution in [0.15, 0.2) is 52.2 Å². The molecule has 14 heteroatoms. The molecular formula is C20H26N3O9PS. The first kappa shape index (κ1) is 26.2. The number of aliphatic hydroxyl groups is 2. The van der Waals surface area contributed by atoms with E-state index in [9.17, 15) is 24.6 Å². The van der Waals surface area contributed by atoms with Gasteiger partial charge < -0.3 is 28.7 Å². The van der Waals surface area contributed by atoms with E-state index in [-0.39, 0.29) is 6.61 Å². The number of aliphatic hydroxyl groups excluding tert-OH is 1. The van der Waals surface area contributed by atoms with Gasteiger partial charge in [-0.05, 0) is 37.8 Å². The minimum absolute atomic E-state index is 0.350. The third-order valence-corrected chi connectivity index (χ3v) is 7.64. The Morgan fingerprint density at radius 2 is 2.03 bits per heavy atom. The van der Waals surface area contributed by atoms with Gasteiger partial charge in [-0.3, -0.25) is 19.1 Å². The molecule has 186 valence electrons. The summed E-state index contributed by atoms with van der Waals surface area (Å²) in [7, 11) is 1.23. The molecule has 4 N–H and O–H groups in total. The first-order valence-corrected chi connectivity index (χ1v) is 12.8. The van der Waals surface area contributed by atoms with Crippen molar-refractivity contribution < 1.29 is 33.5 Å². The van der Waals surface area contributed by atoms with E-state index in [0.717, 1.165) is 16.8 Å². The Morgan fingerprint density at radius 3 is 2.65 bits per heavy atom. The molecule has 1 aliphatic rings. The van der Waals surface area contributed by atoms with Gasteiger partial charge in [0.25, 0.3) is 5.56 Å². The fourth-order valence-electron chi connectivity index (χ4n) is 3.34. The molecule has 1 aliphatic heterocycles. The van der Waals surface area contributed by atoms with Gasteiger partial charge >= 0.3 is 18.3 Å². The number of aromatic amines is 1. The van der Waals surface area contributed by atoms with Crippen LogP contribution in [0.2, 0.25) is 0 Å². The zero-order valence-electron chi connectivity index (χ0n) is 18.6. The van der Waals surface area contributed by atoms with Gasteiger partial charge in [0.05, 0.1) is 13.7 Å². The van der Waals surface area contributed by atoms with Crippen LogP contribution >= 0.6 is 6.64 Å². The number of ether oxygens (including phenoxy) is 2. The van der Waals surface area contributed by atoms with Crippen LogP contribution < -0.4 is 20.9 Å². The zero-order valence-corrected chi connectivity index (χ0v) is 20.3. The Hall–Kier alpha value is -2.38. The topological polar surface area (TPSA) is 161 Å². The predicted molar refractivity (Wildman–Crippen MR) is 124 cm³/mol. The number of carbonyl (C=O) groups is 1. The first-order chi connectivity index (χ1) is 16.0. The number of hydrogen-bond donors (Lipinski definition) is 4. The van der Waals surface area contributed by atoms with Gasteiger partial charge in [-0.25, -0.2) is 9.88 Å². The average Bonchev–Trinajstić information content (AvgIpc) is 3.01. The smallest absolute Gasteiger partial charge is 0.330 e. The van der Waals surface area contributed by atoms with Gasteiger partial charge in [0.1, 0.15) is 29.6 Å². The maximum absolute atomic E-state index is 12.2. The second kappa shape index (κ2) is 10.5. The van der Waals surface area contributed by atoms with Crippen LogP contribution in [0.4, 0.5) is 0 Å². The quantitative estimate of drug-likeness (QED) is 0.263. The summed E-state index contributed by atoms with van der Waals surface area (Å²) in [5, 5.41) is 24.4. The van der Waals surface area contributed by atoms with E-state index in [1.165, 1.54) is 21.0 Å². The molecule has 0 spiro atoms. The summed E-state index contributed by atoms with van der Waals surface area (Å²) in [5.41, 5.74) is -3.35. The molecule has 12 nitrogen and oxygen atoms in total. The summed E-state index contributed by atoms with van der Waals surface area (Å²) < 4.78 is 23.1. The summed E-state index contributed by atoms with van der Waals surface area (Å²) in [4.78, 5) is 37.5. The van der Waals surface area contributed by atoms with Crippen LogP contribution in [0.25, 0.3) is 0 Å². The van der Waals surface area contributed by atoms with Gasteiger partial charge in [0, 0.05) is 12.3 Å². The molecule has 1 unspecified atom stereocenters. The highest BCUT2D eigenvalue weighted by Gasteiger charge is 2.53. The Labute approximate surface area is 199 Å². The number of esters is 1. The lowest BCUT2D eigenvalue weighted by molar-refractivity contribution is -0.142. The van der Waals surface area contributed by atoms with E-state index in [2.05, 4.69) is 10.1 Å². The molecule has 0 aliphatic carbocycles. The maximum Gasteiger partial charge on any atom is 0.330 e. The molecule has 1 fully saturated rings. The highest BCUT2D eigenvalue weighted by Crippen LogP contribution is 2.47. The lowest BCUT2D eigenvalue weighted by Crippen LogP contribution is -2.47. The summed E-state index contributed by atoms with van der Waals surface area (Å²) in [6.45, 7) is -0.941. The monoisotopic (exact) mass is 515 g/mol. The maximum atomic E-state index is 12.2. The SMILES string of the molecule is COC(=O)[C@H](C)NP(=S)(OC[C@H]1O[C@@H](n2ccc(=O)[nH]c2=O)[C@](C)(O)[C@@H]1O)Oc1ccccc1. The lowest BCUT2D eigenvalue weighted by atomic mass is 9.96. The molecular weight excluding hydrogens is 489 g/mol. The van der Waals surface area contributed by atoms with Crippen LogP contribution in [-0.2, 0) is 30.6 Å². The van der Waals surface area contributed by atoms with Crippen LogP contribution in [0.3, 0.4) is 0 Å². The molecule has 34 heavy (non-hydrogen) atoms. The molecule has 0 amide bonds. The van der Waals surface area contributed by atoms with Crippen molar-refractivity contribution in [3.63, 3.8) is 0 Å². The molecule has 2 heterocycles. The normalized spacial score (nSPS) is 27.0.